The van der Waals surface area contributed by atoms with E-state index in [4.69, 9.17) is 0 Å². The van der Waals surface area contributed by atoms with Gasteiger partial charge in [-0.25, -0.2) is 14.5 Å². The van der Waals surface area contributed by atoms with Crippen LogP contribution in [0.3, 0.4) is 0 Å². The molecule has 116 valence electrons. The zero-order chi connectivity index (χ0) is 16.2. The molecule has 1 N–H and O–H groups in total. The molecule has 7 nitrogen and oxygen atoms in total. The van der Waals surface area contributed by atoms with Crippen molar-refractivity contribution >= 4 is 16.6 Å². The molecule has 0 unspecified atom stereocenters. The van der Waals surface area contributed by atoms with Crippen LogP contribution in [-0.2, 0) is 12.6 Å². The van der Waals surface area contributed by atoms with Crippen LogP contribution in [-0.4, -0.2) is 34.5 Å². The van der Waals surface area contributed by atoms with E-state index in [9.17, 15) is 5.11 Å². The van der Waals surface area contributed by atoms with Gasteiger partial charge >= 0.3 is 0 Å². The van der Waals surface area contributed by atoms with E-state index >= 15 is 0 Å². The molecule has 0 amide bonds. The standard InChI is InChI=1S/C16H16N6O/c1-16(2,23)12-6-4-5-11-13(12)17-9-22-15(11)19-14(20-22)10-7-18-21(3)8-10/h4-9,23H,1-3H3. The second-order valence-corrected chi connectivity index (χ2v) is 6.11. The lowest BCUT2D eigenvalue weighted by Crippen LogP contribution is -2.16. The van der Waals surface area contributed by atoms with Crippen LogP contribution >= 0.6 is 0 Å². The number of aliphatic hydroxyl groups is 1. The van der Waals surface area contributed by atoms with Gasteiger partial charge in [0.15, 0.2) is 11.5 Å². The minimum atomic E-state index is -0.975. The lowest BCUT2D eigenvalue weighted by atomic mass is 9.96. The fraction of sp³-hybridized carbons (Fsp3) is 0.250. The van der Waals surface area contributed by atoms with Crippen LogP contribution in [0.25, 0.3) is 27.9 Å². The number of aromatic nitrogens is 6. The van der Waals surface area contributed by atoms with Gasteiger partial charge in [-0.3, -0.25) is 4.68 Å². The highest BCUT2D eigenvalue weighted by Gasteiger charge is 2.21. The van der Waals surface area contributed by atoms with Crippen molar-refractivity contribution in [2.45, 2.75) is 19.4 Å². The van der Waals surface area contributed by atoms with E-state index in [1.807, 2.05) is 31.4 Å². The first-order valence-electron chi connectivity index (χ1n) is 7.29. The molecule has 0 fully saturated rings. The van der Waals surface area contributed by atoms with Crippen LogP contribution in [0.2, 0.25) is 0 Å². The highest BCUT2D eigenvalue weighted by molar-refractivity contribution is 5.93. The summed E-state index contributed by atoms with van der Waals surface area (Å²) < 4.78 is 3.36. The highest BCUT2D eigenvalue weighted by atomic mass is 16.3. The Bertz CT molecular complexity index is 1020. The molecule has 0 aliphatic heterocycles. The minimum Gasteiger partial charge on any atom is -0.386 e. The summed E-state index contributed by atoms with van der Waals surface area (Å²) in [6.07, 6.45) is 5.22. The third-order valence-corrected chi connectivity index (χ3v) is 3.83. The lowest BCUT2D eigenvalue weighted by Gasteiger charge is -2.19. The molecule has 0 saturated carbocycles. The maximum Gasteiger partial charge on any atom is 0.185 e. The number of para-hydroxylation sites is 1. The summed E-state index contributed by atoms with van der Waals surface area (Å²) >= 11 is 0. The Labute approximate surface area is 132 Å². The Morgan fingerprint density at radius 3 is 2.74 bits per heavy atom. The Kier molecular flexibility index (Phi) is 2.76. The normalized spacial score (nSPS) is 12.3. The molecule has 0 bridgehead atoms. The zero-order valence-electron chi connectivity index (χ0n) is 13.1. The van der Waals surface area contributed by atoms with E-state index < -0.39 is 5.60 Å². The first-order chi connectivity index (χ1) is 10.9. The largest absolute Gasteiger partial charge is 0.386 e. The second-order valence-electron chi connectivity index (χ2n) is 6.11. The van der Waals surface area contributed by atoms with Crippen LogP contribution in [0.5, 0.6) is 0 Å². The summed E-state index contributed by atoms with van der Waals surface area (Å²) in [5.41, 5.74) is 2.08. The fourth-order valence-electron chi connectivity index (χ4n) is 2.72. The van der Waals surface area contributed by atoms with Crippen LogP contribution < -0.4 is 0 Å². The van der Waals surface area contributed by atoms with Gasteiger partial charge in [-0.05, 0) is 19.9 Å². The Morgan fingerprint density at radius 2 is 2.04 bits per heavy atom. The van der Waals surface area contributed by atoms with Gasteiger partial charge in [-0.2, -0.15) is 5.10 Å². The molecule has 4 rings (SSSR count). The third-order valence-electron chi connectivity index (χ3n) is 3.83. The maximum absolute atomic E-state index is 10.4. The molecule has 0 atom stereocenters. The molecule has 4 aromatic rings. The summed E-state index contributed by atoms with van der Waals surface area (Å²) in [7, 11) is 1.85. The number of hydrogen-bond donors (Lipinski definition) is 1. The second kappa shape index (κ2) is 4.60. The van der Waals surface area contributed by atoms with Crippen molar-refractivity contribution in [2.75, 3.05) is 0 Å². The zero-order valence-corrected chi connectivity index (χ0v) is 13.1. The van der Waals surface area contributed by atoms with E-state index in [1.54, 1.807) is 35.6 Å². The van der Waals surface area contributed by atoms with Gasteiger partial charge in [0.25, 0.3) is 0 Å². The highest BCUT2D eigenvalue weighted by Crippen LogP contribution is 2.29. The average molecular weight is 308 g/mol. The molecule has 3 aromatic heterocycles. The Balaban J connectivity index is 2.00. The number of aryl methyl sites for hydroxylation is 1. The summed E-state index contributed by atoms with van der Waals surface area (Å²) in [5.74, 6) is 0.598. The van der Waals surface area contributed by atoms with Crippen molar-refractivity contribution in [1.29, 1.82) is 0 Å². The number of fused-ring (bicyclic) bond motifs is 3. The van der Waals surface area contributed by atoms with Gasteiger partial charge in [-0.1, -0.05) is 12.1 Å². The maximum atomic E-state index is 10.4. The molecule has 0 saturated heterocycles. The summed E-state index contributed by atoms with van der Waals surface area (Å²) in [4.78, 5) is 9.09. The number of hydrogen-bond acceptors (Lipinski definition) is 5. The Morgan fingerprint density at radius 1 is 1.22 bits per heavy atom. The van der Waals surface area contributed by atoms with Gasteiger partial charge in [0.2, 0.25) is 0 Å². The summed E-state index contributed by atoms with van der Waals surface area (Å²) in [5, 5.41) is 19.8. The SMILES string of the molecule is Cn1cc(-c2nc3c4cccc(C(C)(C)O)c4ncn3n2)cn1. The quantitative estimate of drug-likeness (QED) is 0.612. The smallest absolute Gasteiger partial charge is 0.185 e. The lowest BCUT2D eigenvalue weighted by molar-refractivity contribution is 0.0800. The van der Waals surface area contributed by atoms with E-state index in [0.717, 1.165) is 22.0 Å². The van der Waals surface area contributed by atoms with E-state index in [1.165, 1.54) is 0 Å². The van der Waals surface area contributed by atoms with Gasteiger partial charge in [0.1, 0.15) is 6.33 Å². The summed E-state index contributed by atoms with van der Waals surface area (Å²) in [6, 6.07) is 5.72. The van der Waals surface area contributed by atoms with Crippen molar-refractivity contribution in [1.82, 2.24) is 29.4 Å². The van der Waals surface area contributed by atoms with Crippen LogP contribution in [0.1, 0.15) is 19.4 Å². The van der Waals surface area contributed by atoms with Crippen molar-refractivity contribution in [3.63, 3.8) is 0 Å². The van der Waals surface area contributed by atoms with Crippen molar-refractivity contribution in [3.05, 3.63) is 42.5 Å². The van der Waals surface area contributed by atoms with Crippen LogP contribution in [0, 0.1) is 0 Å². The Hall–Kier alpha value is -2.80. The molecule has 1 aromatic carbocycles. The van der Waals surface area contributed by atoms with E-state index in [-0.39, 0.29) is 0 Å². The molecule has 7 heteroatoms. The summed E-state index contributed by atoms with van der Waals surface area (Å²) in [6.45, 7) is 3.50. The molecular weight excluding hydrogens is 292 g/mol. The fourth-order valence-corrected chi connectivity index (χ4v) is 2.72. The minimum absolute atomic E-state index is 0.598. The molecule has 3 heterocycles. The predicted molar refractivity (Wildman–Crippen MR) is 85.7 cm³/mol. The van der Waals surface area contributed by atoms with Crippen molar-refractivity contribution in [3.8, 4) is 11.4 Å². The number of rotatable bonds is 2. The first kappa shape index (κ1) is 13.8. The molecule has 0 aliphatic rings. The first-order valence-corrected chi connectivity index (χ1v) is 7.29. The molecule has 0 radical (unpaired) electrons. The van der Waals surface area contributed by atoms with Gasteiger partial charge in [0.05, 0.1) is 22.9 Å². The topological polar surface area (TPSA) is 81.1 Å². The van der Waals surface area contributed by atoms with Gasteiger partial charge in [0, 0.05) is 24.2 Å². The van der Waals surface area contributed by atoms with Crippen molar-refractivity contribution < 1.29 is 5.11 Å². The van der Waals surface area contributed by atoms with E-state index in [2.05, 4.69) is 20.2 Å². The predicted octanol–water partition coefficient (Wildman–Crippen LogP) is 1.91. The molecule has 0 spiro atoms. The molecular formula is C16H16N6O. The molecule has 0 aliphatic carbocycles. The average Bonchev–Trinajstić information content (AvgIpc) is 3.11. The number of nitrogens with zero attached hydrogens (tertiary/aromatic N) is 6. The van der Waals surface area contributed by atoms with Gasteiger partial charge in [-0.15, -0.1) is 5.10 Å². The van der Waals surface area contributed by atoms with Gasteiger partial charge < -0.3 is 5.11 Å². The van der Waals surface area contributed by atoms with Crippen LogP contribution in [0.15, 0.2) is 36.9 Å². The monoisotopic (exact) mass is 308 g/mol. The van der Waals surface area contributed by atoms with E-state index in [0.29, 0.717) is 11.5 Å². The number of benzene rings is 1. The third kappa shape index (κ3) is 2.17. The molecule has 23 heavy (non-hydrogen) atoms. The van der Waals surface area contributed by atoms with Crippen LogP contribution in [0.4, 0.5) is 0 Å². The van der Waals surface area contributed by atoms with Crippen molar-refractivity contribution in [2.24, 2.45) is 7.05 Å².